The first-order valence-corrected chi connectivity index (χ1v) is 8.58. The van der Waals surface area contributed by atoms with Crippen LogP contribution in [-0.4, -0.2) is 37.1 Å². The summed E-state index contributed by atoms with van der Waals surface area (Å²) in [6.07, 6.45) is 15.9. The second-order valence-corrected chi connectivity index (χ2v) is 6.59. The number of terminal acetylenes is 1. The number of likely N-dealkylation sites (tertiary alicyclic amines) is 1. The zero-order valence-corrected chi connectivity index (χ0v) is 13.2. The van der Waals surface area contributed by atoms with E-state index in [-0.39, 0.29) is 0 Å². The first-order valence-electron chi connectivity index (χ1n) is 8.58. The maximum Gasteiger partial charge on any atom is 0.222 e. The molecular weight excluding hydrogens is 262 g/mol. The molecule has 1 heterocycles. The predicted octanol–water partition coefficient (Wildman–Crippen LogP) is 3.24. The number of ether oxygens (including phenoxy) is 1. The molecule has 0 unspecified atom stereocenters. The number of rotatable bonds is 6. The van der Waals surface area contributed by atoms with Crippen molar-refractivity contribution in [1.82, 2.24) is 4.90 Å². The quantitative estimate of drug-likeness (QED) is 0.555. The Morgan fingerprint density at radius 3 is 2.48 bits per heavy atom. The van der Waals surface area contributed by atoms with E-state index in [0.717, 1.165) is 51.3 Å². The van der Waals surface area contributed by atoms with E-state index in [1.54, 1.807) is 0 Å². The van der Waals surface area contributed by atoms with Gasteiger partial charge in [0.2, 0.25) is 5.91 Å². The number of carbonyl (C=O) groups is 1. The Morgan fingerprint density at radius 2 is 1.81 bits per heavy atom. The van der Waals surface area contributed by atoms with E-state index in [9.17, 15) is 4.79 Å². The van der Waals surface area contributed by atoms with E-state index in [1.165, 1.54) is 32.1 Å². The highest BCUT2D eigenvalue weighted by molar-refractivity contribution is 5.76. The SMILES string of the molecule is C#CCOCC1CCN(C(=O)CCC2CCCCC2)CC1. The molecule has 2 aliphatic rings. The minimum Gasteiger partial charge on any atom is -0.369 e. The van der Waals surface area contributed by atoms with Gasteiger partial charge in [-0.3, -0.25) is 4.79 Å². The highest BCUT2D eigenvalue weighted by atomic mass is 16.5. The summed E-state index contributed by atoms with van der Waals surface area (Å²) < 4.78 is 5.41. The van der Waals surface area contributed by atoms with E-state index in [1.807, 2.05) is 0 Å². The Labute approximate surface area is 129 Å². The van der Waals surface area contributed by atoms with Crippen molar-refractivity contribution in [2.24, 2.45) is 11.8 Å². The van der Waals surface area contributed by atoms with Crippen LogP contribution in [0.2, 0.25) is 0 Å². The van der Waals surface area contributed by atoms with Crippen LogP contribution in [0.15, 0.2) is 0 Å². The van der Waals surface area contributed by atoms with Crippen LogP contribution >= 0.6 is 0 Å². The lowest BCUT2D eigenvalue weighted by molar-refractivity contribution is -0.133. The second-order valence-electron chi connectivity index (χ2n) is 6.59. The van der Waals surface area contributed by atoms with E-state index < -0.39 is 0 Å². The second kappa shape index (κ2) is 9.10. The van der Waals surface area contributed by atoms with Crippen molar-refractivity contribution in [2.75, 3.05) is 26.3 Å². The van der Waals surface area contributed by atoms with Crippen LogP contribution < -0.4 is 0 Å². The van der Waals surface area contributed by atoms with Crippen molar-refractivity contribution < 1.29 is 9.53 Å². The summed E-state index contributed by atoms with van der Waals surface area (Å²) in [6, 6.07) is 0. The van der Waals surface area contributed by atoms with Gasteiger partial charge in [0.1, 0.15) is 6.61 Å². The molecule has 0 aromatic heterocycles. The van der Waals surface area contributed by atoms with Gasteiger partial charge in [-0.1, -0.05) is 38.0 Å². The van der Waals surface area contributed by atoms with Gasteiger partial charge in [0.15, 0.2) is 0 Å². The van der Waals surface area contributed by atoms with Crippen molar-refractivity contribution in [3.05, 3.63) is 0 Å². The normalized spacial score (nSPS) is 21.2. The fourth-order valence-corrected chi connectivity index (χ4v) is 3.60. The Balaban J connectivity index is 1.60. The average Bonchev–Trinajstić information content (AvgIpc) is 2.54. The summed E-state index contributed by atoms with van der Waals surface area (Å²) in [5.41, 5.74) is 0. The fourth-order valence-electron chi connectivity index (χ4n) is 3.60. The molecule has 0 atom stereocenters. The summed E-state index contributed by atoms with van der Waals surface area (Å²) in [5.74, 6) is 4.23. The molecular formula is C18H29NO2. The van der Waals surface area contributed by atoms with Gasteiger partial charge < -0.3 is 9.64 Å². The molecule has 2 fully saturated rings. The Kier molecular flexibility index (Phi) is 7.09. The van der Waals surface area contributed by atoms with Gasteiger partial charge in [0.25, 0.3) is 0 Å². The minimum absolute atomic E-state index is 0.364. The third-order valence-electron chi connectivity index (χ3n) is 5.00. The lowest BCUT2D eigenvalue weighted by Crippen LogP contribution is -2.39. The molecule has 3 heteroatoms. The first kappa shape index (κ1) is 16.4. The molecule has 0 aromatic carbocycles. The topological polar surface area (TPSA) is 29.5 Å². The zero-order chi connectivity index (χ0) is 14.9. The third-order valence-corrected chi connectivity index (χ3v) is 5.00. The molecule has 21 heavy (non-hydrogen) atoms. The molecule has 118 valence electrons. The van der Waals surface area contributed by atoms with Gasteiger partial charge in [0.05, 0.1) is 6.61 Å². The van der Waals surface area contributed by atoms with Crippen LogP contribution in [0.5, 0.6) is 0 Å². The highest BCUT2D eigenvalue weighted by Crippen LogP contribution is 2.28. The molecule has 2 rings (SSSR count). The fraction of sp³-hybridized carbons (Fsp3) is 0.833. The van der Waals surface area contributed by atoms with Crippen molar-refractivity contribution in [3.63, 3.8) is 0 Å². The lowest BCUT2D eigenvalue weighted by atomic mass is 9.86. The van der Waals surface area contributed by atoms with Crippen LogP contribution in [0.25, 0.3) is 0 Å². The Bertz CT molecular complexity index is 347. The lowest BCUT2D eigenvalue weighted by Gasteiger charge is -2.32. The highest BCUT2D eigenvalue weighted by Gasteiger charge is 2.23. The number of hydrogen-bond acceptors (Lipinski definition) is 2. The molecule has 1 aliphatic carbocycles. The maximum atomic E-state index is 12.3. The minimum atomic E-state index is 0.364. The van der Waals surface area contributed by atoms with E-state index >= 15 is 0 Å². The van der Waals surface area contributed by atoms with Crippen LogP contribution in [0.3, 0.4) is 0 Å². The van der Waals surface area contributed by atoms with E-state index in [0.29, 0.717) is 18.4 Å². The maximum absolute atomic E-state index is 12.3. The summed E-state index contributed by atoms with van der Waals surface area (Å²) in [7, 11) is 0. The van der Waals surface area contributed by atoms with E-state index in [2.05, 4.69) is 10.8 Å². The Morgan fingerprint density at radius 1 is 1.10 bits per heavy atom. The first-order chi connectivity index (χ1) is 10.3. The Hall–Kier alpha value is -1.01. The monoisotopic (exact) mass is 291 g/mol. The summed E-state index contributed by atoms with van der Waals surface area (Å²) in [6.45, 7) is 2.94. The molecule has 1 aliphatic heterocycles. The molecule has 0 N–H and O–H groups in total. The molecule has 3 nitrogen and oxygen atoms in total. The smallest absolute Gasteiger partial charge is 0.222 e. The van der Waals surface area contributed by atoms with Crippen LogP contribution in [-0.2, 0) is 9.53 Å². The van der Waals surface area contributed by atoms with Gasteiger partial charge in [0, 0.05) is 19.5 Å². The van der Waals surface area contributed by atoms with Gasteiger partial charge in [-0.2, -0.15) is 0 Å². The standard InChI is InChI=1S/C18H29NO2/c1-2-14-21-15-17-10-12-19(13-11-17)18(20)9-8-16-6-4-3-5-7-16/h1,16-17H,3-15H2. The van der Waals surface area contributed by atoms with Crippen LogP contribution in [0.4, 0.5) is 0 Å². The van der Waals surface area contributed by atoms with Crippen molar-refractivity contribution in [2.45, 2.75) is 57.8 Å². The van der Waals surface area contributed by atoms with E-state index in [4.69, 9.17) is 11.2 Å². The van der Waals surface area contributed by atoms with Crippen LogP contribution in [0.1, 0.15) is 57.8 Å². The summed E-state index contributed by atoms with van der Waals surface area (Å²) in [4.78, 5) is 14.3. The van der Waals surface area contributed by atoms with Gasteiger partial charge in [-0.05, 0) is 31.1 Å². The number of amides is 1. The third kappa shape index (κ3) is 5.71. The van der Waals surface area contributed by atoms with Crippen molar-refractivity contribution >= 4 is 5.91 Å². The largest absolute Gasteiger partial charge is 0.369 e. The van der Waals surface area contributed by atoms with Crippen molar-refractivity contribution in [1.29, 1.82) is 0 Å². The molecule has 1 saturated heterocycles. The molecule has 0 bridgehead atoms. The predicted molar refractivity (Wildman–Crippen MR) is 84.8 cm³/mol. The van der Waals surface area contributed by atoms with Gasteiger partial charge in [-0.25, -0.2) is 0 Å². The number of carbonyl (C=O) groups excluding carboxylic acids is 1. The number of nitrogens with zero attached hydrogens (tertiary/aromatic N) is 1. The molecule has 0 spiro atoms. The zero-order valence-electron chi connectivity index (χ0n) is 13.2. The summed E-state index contributed by atoms with van der Waals surface area (Å²) in [5, 5.41) is 0. The van der Waals surface area contributed by atoms with Gasteiger partial charge >= 0.3 is 0 Å². The molecule has 1 amide bonds. The molecule has 1 saturated carbocycles. The summed E-state index contributed by atoms with van der Waals surface area (Å²) >= 11 is 0. The average molecular weight is 291 g/mol. The molecule has 0 aromatic rings. The van der Waals surface area contributed by atoms with Gasteiger partial charge in [-0.15, -0.1) is 6.42 Å². The molecule has 0 radical (unpaired) electrons. The van der Waals surface area contributed by atoms with Crippen LogP contribution in [0, 0.1) is 24.2 Å². The number of hydrogen-bond donors (Lipinski definition) is 0. The number of piperidine rings is 1. The van der Waals surface area contributed by atoms with Crippen molar-refractivity contribution in [3.8, 4) is 12.3 Å².